The molecule has 0 aliphatic heterocycles. The third kappa shape index (κ3) is 4.91. The van der Waals surface area contributed by atoms with Gasteiger partial charge in [0.2, 0.25) is 5.91 Å². The minimum Gasteiger partial charge on any atom is -0.481 e. The standard InChI is InChI=1S/C32H29N5O3/c33-29-26(7-4-18-34-29)30-36-27-17-12-23(20-5-2-1-3-6-20)19-28(27)37(30)25-15-13-24(14-16-25)35-31(38)21-8-10-22(11-9-21)32(39)40/h1-7,12-19,21-22H,8-11H2,(H2,33,34)(H,35,38)(H,39,40). The number of carboxylic acids is 1. The Hall–Kier alpha value is -4.98. The lowest BCUT2D eigenvalue weighted by atomic mass is 9.81. The lowest BCUT2D eigenvalue weighted by molar-refractivity contribution is -0.143. The summed E-state index contributed by atoms with van der Waals surface area (Å²) >= 11 is 0. The molecule has 6 rings (SSSR count). The number of imidazole rings is 1. The maximum absolute atomic E-state index is 12.9. The zero-order valence-corrected chi connectivity index (χ0v) is 21.8. The van der Waals surface area contributed by atoms with Gasteiger partial charge in [0.25, 0.3) is 0 Å². The summed E-state index contributed by atoms with van der Waals surface area (Å²) in [4.78, 5) is 33.3. The minimum atomic E-state index is -0.773. The Labute approximate surface area is 231 Å². The molecule has 0 atom stereocenters. The molecule has 40 heavy (non-hydrogen) atoms. The maximum atomic E-state index is 12.9. The third-order valence-electron chi connectivity index (χ3n) is 7.68. The number of hydrogen-bond acceptors (Lipinski definition) is 5. The van der Waals surface area contributed by atoms with E-state index in [0.717, 1.165) is 33.4 Å². The van der Waals surface area contributed by atoms with Crippen molar-refractivity contribution in [3.63, 3.8) is 0 Å². The fraction of sp³-hybridized carbons (Fsp3) is 0.188. The number of nitrogens with one attached hydrogen (secondary N) is 1. The van der Waals surface area contributed by atoms with E-state index in [9.17, 15) is 14.7 Å². The van der Waals surface area contributed by atoms with Gasteiger partial charge in [-0.1, -0.05) is 36.4 Å². The van der Waals surface area contributed by atoms with Gasteiger partial charge >= 0.3 is 5.97 Å². The Morgan fingerprint density at radius 1 is 0.850 bits per heavy atom. The van der Waals surface area contributed by atoms with Crippen LogP contribution >= 0.6 is 0 Å². The molecule has 8 nitrogen and oxygen atoms in total. The molecule has 1 aliphatic carbocycles. The number of rotatable bonds is 6. The number of nitrogens with two attached hydrogens (primary N) is 1. The number of fused-ring (bicyclic) bond motifs is 1. The number of aromatic nitrogens is 3. The molecule has 0 bridgehead atoms. The van der Waals surface area contributed by atoms with E-state index < -0.39 is 5.97 Å². The summed E-state index contributed by atoms with van der Waals surface area (Å²) in [5.74, 6) is -0.296. The Bertz CT molecular complexity index is 1690. The molecule has 1 aliphatic rings. The first-order valence-corrected chi connectivity index (χ1v) is 13.4. The number of anilines is 2. The normalized spacial score (nSPS) is 17.0. The van der Waals surface area contributed by atoms with Gasteiger partial charge in [-0.05, 0) is 85.3 Å². The predicted molar refractivity (Wildman–Crippen MR) is 156 cm³/mol. The van der Waals surface area contributed by atoms with Crippen LogP contribution < -0.4 is 11.1 Å². The second kappa shape index (κ2) is 10.6. The quantitative estimate of drug-likeness (QED) is 0.241. The number of nitrogen functional groups attached to an aromatic ring is 1. The molecule has 200 valence electrons. The number of aliphatic carboxylic acids is 1. The molecule has 1 amide bonds. The zero-order chi connectivity index (χ0) is 27.6. The molecule has 0 spiro atoms. The molecular weight excluding hydrogens is 502 g/mol. The molecule has 1 saturated carbocycles. The molecule has 8 heteroatoms. The van der Waals surface area contributed by atoms with Gasteiger partial charge in [-0.25, -0.2) is 9.97 Å². The molecule has 0 unspecified atom stereocenters. The van der Waals surface area contributed by atoms with E-state index in [1.54, 1.807) is 6.20 Å². The number of carbonyl (C=O) groups is 2. The SMILES string of the molecule is Nc1ncccc1-c1nc2ccc(-c3ccccc3)cc2n1-c1ccc(NC(=O)C2CCC(C(=O)O)CC2)cc1. The van der Waals surface area contributed by atoms with Gasteiger partial charge in [-0.15, -0.1) is 0 Å². The van der Waals surface area contributed by atoms with Crippen molar-refractivity contribution in [3.8, 4) is 28.2 Å². The first-order chi connectivity index (χ1) is 19.5. The van der Waals surface area contributed by atoms with Crippen LogP contribution in [-0.4, -0.2) is 31.5 Å². The molecule has 0 radical (unpaired) electrons. The summed E-state index contributed by atoms with van der Waals surface area (Å²) in [6.45, 7) is 0. The molecule has 2 aromatic heterocycles. The Kier molecular flexibility index (Phi) is 6.74. The van der Waals surface area contributed by atoms with Crippen LogP contribution in [0.2, 0.25) is 0 Å². The Morgan fingerprint density at radius 3 is 2.27 bits per heavy atom. The highest BCUT2D eigenvalue weighted by Crippen LogP contribution is 2.34. The summed E-state index contributed by atoms with van der Waals surface area (Å²) in [6, 6.07) is 27.8. The second-order valence-electron chi connectivity index (χ2n) is 10.2. The highest BCUT2D eigenvalue weighted by molar-refractivity contribution is 5.93. The van der Waals surface area contributed by atoms with E-state index in [1.165, 1.54) is 0 Å². The second-order valence-corrected chi connectivity index (χ2v) is 10.2. The average molecular weight is 532 g/mol. The predicted octanol–water partition coefficient (Wildman–Crippen LogP) is 6.17. The van der Waals surface area contributed by atoms with Gasteiger partial charge in [0.15, 0.2) is 0 Å². The van der Waals surface area contributed by atoms with Crippen molar-refractivity contribution in [1.82, 2.24) is 14.5 Å². The summed E-state index contributed by atoms with van der Waals surface area (Å²) in [7, 11) is 0. The molecule has 3 aromatic carbocycles. The molecule has 1 fully saturated rings. The van der Waals surface area contributed by atoms with Crippen LogP contribution in [0.4, 0.5) is 11.5 Å². The van der Waals surface area contributed by atoms with Crippen LogP contribution in [0.3, 0.4) is 0 Å². The van der Waals surface area contributed by atoms with Gasteiger partial charge in [0, 0.05) is 23.5 Å². The molecular formula is C32H29N5O3. The summed E-state index contributed by atoms with van der Waals surface area (Å²) in [5.41, 5.74) is 12.5. The summed E-state index contributed by atoms with van der Waals surface area (Å²) < 4.78 is 2.06. The molecule has 0 saturated heterocycles. The number of carboxylic acid groups (broad SMARTS) is 1. The van der Waals surface area contributed by atoms with Crippen molar-refractivity contribution < 1.29 is 14.7 Å². The van der Waals surface area contributed by atoms with Gasteiger partial charge in [0.1, 0.15) is 11.6 Å². The van der Waals surface area contributed by atoms with Crippen LogP contribution in [0.25, 0.3) is 39.2 Å². The van der Waals surface area contributed by atoms with Gasteiger partial charge in [0.05, 0.1) is 22.5 Å². The Balaban J connectivity index is 1.34. The van der Waals surface area contributed by atoms with Crippen molar-refractivity contribution in [3.05, 3.63) is 91.1 Å². The van der Waals surface area contributed by atoms with Gasteiger partial charge < -0.3 is 16.2 Å². The van der Waals surface area contributed by atoms with E-state index in [1.807, 2.05) is 60.7 Å². The number of hydrogen-bond donors (Lipinski definition) is 3. The average Bonchev–Trinajstić information content (AvgIpc) is 3.37. The van der Waals surface area contributed by atoms with E-state index in [-0.39, 0.29) is 17.7 Å². The smallest absolute Gasteiger partial charge is 0.306 e. The number of pyridine rings is 1. The fourth-order valence-electron chi connectivity index (χ4n) is 5.47. The van der Waals surface area contributed by atoms with E-state index in [0.29, 0.717) is 43.0 Å². The van der Waals surface area contributed by atoms with Crippen molar-refractivity contribution in [2.24, 2.45) is 11.8 Å². The number of amides is 1. The zero-order valence-electron chi connectivity index (χ0n) is 21.8. The first-order valence-electron chi connectivity index (χ1n) is 13.4. The van der Waals surface area contributed by atoms with Crippen molar-refractivity contribution >= 4 is 34.4 Å². The van der Waals surface area contributed by atoms with Crippen molar-refractivity contribution in [1.29, 1.82) is 0 Å². The molecule has 5 aromatic rings. The topological polar surface area (TPSA) is 123 Å². The Morgan fingerprint density at radius 2 is 1.57 bits per heavy atom. The first kappa shape index (κ1) is 25.3. The lowest BCUT2D eigenvalue weighted by Gasteiger charge is -2.25. The van der Waals surface area contributed by atoms with Crippen molar-refractivity contribution in [2.75, 3.05) is 11.1 Å². The van der Waals surface area contributed by atoms with E-state index >= 15 is 0 Å². The minimum absolute atomic E-state index is 0.0685. The van der Waals surface area contributed by atoms with Crippen LogP contribution in [0.5, 0.6) is 0 Å². The largest absolute Gasteiger partial charge is 0.481 e. The summed E-state index contributed by atoms with van der Waals surface area (Å²) in [6.07, 6.45) is 3.89. The van der Waals surface area contributed by atoms with Crippen molar-refractivity contribution in [2.45, 2.75) is 25.7 Å². The third-order valence-corrected chi connectivity index (χ3v) is 7.68. The highest BCUT2D eigenvalue weighted by Gasteiger charge is 2.29. The van der Waals surface area contributed by atoms with Crippen LogP contribution in [0, 0.1) is 11.8 Å². The maximum Gasteiger partial charge on any atom is 0.306 e. The number of nitrogens with zero attached hydrogens (tertiary/aromatic N) is 3. The molecule has 4 N–H and O–H groups in total. The number of carbonyl (C=O) groups excluding carboxylic acids is 1. The van der Waals surface area contributed by atoms with Gasteiger partial charge in [-0.3, -0.25) is 14.2 Å². The van der Waals surface area contributed by atoms with Crippen LogP contribution in [0.15, 0.2) is 91.1 Å². The van der Waals surface area contributed by atoms with Crippen LogP contribution in [0.1, 0.15) is 25.7 Å². The van der Waals surface area contributed by atoms with Crippen LogP contribution in [-0.2, 0) is 9.59 Å². The lowest BCUT2D eigenvalue weighted by Crippen LogP contribution is -2.29. The van der Waals surface area contributed by atoms with E-state index in [2.05, 4.69) is 39.1 Å². The highest BCUT2D eigenvalue weighted by atomic mass is 16.4. The number of benzene rings is 3. The van der Waals surface area contributed by atoms with Gasteiger partial charge in [-0.2, -0.15) is 0 Å². The summed E-state index contributed by atoms with van der Waals surface area (Å²) in [5, 5.41) is 12.2. The monoisotopic (exact) mass is 531 g/mol. The molecule has 2 heterocycles. The fourth-order valence-corrected chi connectivity index (χ4v) is 5.47. The van der Waals surface area contributed by atoms with E-state index in [4.69, 9.17) is 10.7 Å².